The number of nitrogens with one attached hydrogen (secondary N) is 1. The third kappa shape index (κ3) is 6.29. The van der Waals surface area contributed by atoms with Crippen LogP contribution in [0, 0.1) is 0 Å². The van der Waals surface area contributed by atoms with Gasteiger partial charge in [0.05, 0.1) is 5.56 Å². The first-order chi connectivity index (χ1) is 16.7. The molecule has 1 heterocycles. The van der Waals surface area contributed by atoms with Gasteiger partial charge in [0.25, 0.3) is 15.9 Å². The van der Waals surface area contributed by atoms with E-state index in [1.54, 1.807) is 19.1 Å². The lowest BCUT2D eigenvalue weighted by molar-refractivity contribution is -0.140. The van der Waals surface area contributed by atoms with Crippen molar-refractivity contribution in [3.8, 4) is 0 Å². The van der Waals surface area contributed by atoms with E-state index in [1.807, 2.05) is 31.2 Å². The first kappa shape index (κ1) is 26.9. The maximum absolute atomic E-state index is 13.2. The molecular weight excluding hydrogens is 534 g/mol. The Morgan fingerprint density at radius 3 is 2.43 bits per heavy atom. The highest BCUT2D eigenvalue weighted by molar-refractivity contribution is 9.10. The number of halogens is 1. The Balaban J connectivity index is 1.68. The highest BCUT2D eigenvalue weighted by Gasteiger charge is 2.40. The molecule has 0 aliphatic carbocycles. The van der Waals surface area contributed by atoms with Crippen LogP contribution in [0.5, 0.6) is 0 Å². The Kier molecular flexibility index (Phi) is 9.07. The van der Waals surface area contributed by atoms with Crippen molar-refractivity contribution in [2.45, 2.75) is 57.0 Å². The third-order valence-corrected chi connectivity index (χ3v) is 8.30. The molecule has 1 atom stereocenters. The molecule has 0 spiro atoms. The topological polar surface area (TPSA) is 104 Å². The molecule has 0 radical (unpaired) electrons. The van der Waals surface area contributed by atoms with Crippen molar-refractivity contribution in [3.05, 3.63) is 64.1 Å². The third-order valence-electron chi connectivity index (χ3n) is 5.93. The van der Waals surface area contributed by atoms with E-state index in [9.17, 15) is 22.8 Å². The van der Waals surface area contributed by atoms with Crippen LogP contribution in [0.15, 0.2) is 57.9 Å². The molecule has 0 unspecified atom stereocenters. The number of rotatable bonds is 11. The first-order valence-corrected chi connectivity index (χ1v) is 13.9. The van der Waals surface area contributed by atoms with Crippen LogP contribution in [0.2, 0.25) is 0 Å². The number of hydrogen-bond acceptors (Lipinski definition) is 5. The summed E-state index contributed by atoms with van der Waals surface area (Å²) in [4.78, 5) is 40.0. The summed E-state index contributed by atoms with van der Waals surface area (Å²) in [5.41, 5.74) is 1.01. The predicted octanol–water partition coefficient (Wildman–Crippen LogP) is 3.71. The van der Waals surface area contributed by atoms with Crippen molar-refractivity contribution in [3.63, 3.8) is 0 Å². The number of unbranched alkanes of at least 4 members (excludes halogenated alkanes) is 1. The van der Waals surface area contributed by atoms with Gasteiger partial charge in [0.1, 0.15) is 10.9 Å². The Morgan fingerprint density at radius 1 is 1.09 bits per heavy atom. The second-order valence-electron chi connectivity index (χ2n) is 8.45. The molecule has 1 N–H and O–H groups in total. The first-order valence-electron chi connectivity index (χ1n) is 11.6. The summed E-state index contributed by atoms with van der Waals surface area (Å²) in [6, 6.07) is 12.9. The molecular formula is C25H30BrN3O5S. The van der Waals surface area contributed by atoms with E-state index in [-0.39, 0.29) is 48.2 Å². The number of amides is 3. The number of sulfonamides is 1. The minimum atomic E-state index is -3.92. The van der Waals surface area contributed by atoms with Crippen molar-refractivity contribution in [1.82, 2.24) is 14.5 Å². The number of carbonyl (C=O) groups excluding carboxylic acids is 3. The molecule has 1 aliphatic rings. The minimum Gasteiger partial charge on any atom is -0.354 e. The van der Waals surface area contributed by atoms with E-state index in [0.717, 1.165) is 27.2 Å². The zero-order valence-electron chi connectivity index (χ0n) is 19.9. The number of fused-ring (bicyclic) bond motifs is 1. The average molecular weight is 565 g/mol. The fourth-order valence-electron chi connectivity index (χ4n) is 3.87. The van der Waals surface area contributed by atoms with Crippen molar-refractivity contribution >= 4 is 43.7 Å². The quantitative estimate of drug-likeness (QED) is 0.420. The van der Waals surface area contributed by atoms with Crippen LogP contribution in [0.25, 0.3) is 0 Å². The Bertz CT molecular complexity index is 1180. The van der Waals surface area contributed by atoms with E-state index in [0.29, 0.717) is 6.54 Å². The summed E-state index contributed by atoms with van der Waals surface area (Å²) >= 11 is 3.39. The Hall–Kier alpha value is -2.72. The molecule has 0 saturated carbocycles. The van der Waals surface area contributed by atoms with Crippen LogP contribution in [-0.4, -0.2) is 54.5 Å². The molecule has 2 aromatic carbocycles. The minimum absolute atomic E-state index is 0.00124. The highest BCUT2D eigenvalue weighted by atomic mass is 79.9. The number of carbonyl (C=O) groups is 3. The summed E-state index contributed by atoms with van der Waals surface area (Å²) in [6.45, 7) is 4.38. The molecule has 0 saturated heterocycles. The molecule has 35 heavy (non-hydrogen) atoms. The summed E-state index contributed by atoms with van der Waals surface area (Å²) < 4.78 is 27.2. The van der Waals surface area contributed by atoms with E-state index < -0.39 is 22.0 Å². The van der Waals surface area contributed by atoms with E-state index in [1.165, 1.54) is 17.0 Å². The number of benzene rings is 2. The maximum atomic E-state index is 13.2. The van der Waals surface area contributed by atoms with Crippen LogP contribution < -0.4 is 5.32 Å². The molecule has 10 heteroatoms. The van der Waals surface area contributed by atoms with Gasteiger partial charge in [-0.3, -0.25) is 14.4 Å². The van der Waals surface area contributed by atoms with Gasteiger partial charge in [0.2, 0.25) is 11.8 Å². The van der Waals surface area contributed by atoms with Gasteiger partial charge < -0.3 is 10.2 Å². The van der Waals surface area contributed by atoms with Crippen molar-refractivity contribution in [1.29, 1.82) is 0 Å². The molecule has 8 nitrogen and oxygen atoms in total. The summed E-state index contributed by atoms with van der Waals surface area (Å²) in [5, 5.41) is 2.87. The van der Waals surface area contributed by atoms with Gasteiger partial charge >= 0.3 is 0 Å². The van der Waals surface area contributed by atoms with E-state index in [4.69, 9.17) is 0 Å². The standard InChI is InChI=1S/C25H30BrN3O5S/c1-3-4-15-27-24(31)18(2)28(17-19-11-13-20(26)14-12-19)23(30)10-7-16-29-25(32)21-8-5-6-9-22(21)35(29,33)34/h5-6,8-9,11-14,18H,3-4,7,10,15-17H2,1-2H3,(H,27,31)/t18-/m1/s1. The summed E-state index contributed by atoms with van der Waals surface area (Å²) in [7, 11) is -3.92. The van der Waals surface area contributed by atoms with Crippen molar-refractivity contribution in [2.75, 3.05) is 13.1 Å². The molecule has 1 aliphatic heterocycles. The van der Waals surface area contributed by atoms with E-state index in [2.05, 4.69) is 21.2 Å². The Morgan fingerprint density at radius 2 is 1.77 bits per heavy atom. The number of nitrogens with zero attached hydrogens (tertiary/aromatic N) is 2. The van der Waals surface area contributed by atoms with Crippen molar-refractivity contribution in [2.24, 2.45) is 0 Å². The van der Waals surface area contributed by atoms with Crippen molar-refractivity contribution < 1.29 is 22.8 Å². The lowest BCUT2D eigenvalue weighted by Crippen LogP contribution is -2.47. The average Bonchev–Trinajstić information content (AvgIpc) is 3.04. The van der Waals surface area contributed by atoms with Crippen LogP contribution in [-0.2, 0) is 26.2 Å². The van der Waals surface area contributed by atoms with Gasteiger partial charge in [0, 0.05) is 30.5 Å². The fraction of sp³-hybridized carbons (Fsp3) is 0.400. The molecule has 3 rings (SSSR count). The van der Waals surface area contributed by atoms with Gasteiger partial charge in [-0.15, -0.1) is 0 Å². The van der Waals surface area contributed by atoms with Gasteiger partial charge in [-0.2, -0.15) is 0 Å². The number of hydrogen-bond donors (Lipinski definition) is 1. The Labute approximate surface area is 214 Å². The van der Waals surface area contributed by atoms with Crippen LogP contribution >= 0.6 is 15.9 Å². The zero-order chi connectivity index (χ0) is 25.6. The normalized spacial score (nSPS) is 14.9. The van der Waals surface area contributed by atoms with Crippen LogP contribution in [0.4, 0.5) is 0 Å². The molecule has 0 aromatic heterocycles. The summed E-state index contributed by atoms with van der Waals surface area (Å²) in [5.74, 6) is -1.10. The van der Waals surface area contributed by atoms with Gasteiger partial charge in [-0.1, -0.05) is 53.5 Å². The largest absolute Gasteiger partial charge is 0.354 e. The second-order valence-corrected chi connectivity index (χ2v) is 11.2. The second kappa shape index (κ2) is 11.8. The molecule has 3 amide bonds. The van der Waals surface area contributed by atoms with Gasteiger partial charge in [-0.05, 0) is 49.6 Å². The van der Waals surface area contributed by atoms with Crippen LogP contribution in [0.1, 0.15) is 55.5 Å². The highest BCUT2D eigenvalue weighted by Crippen LogP contribution is 2.30. The zero-order valence-corrected chi connectivity index (χ0v) is 22.3. The summed E-state index contributed by atoms with van der Waals surface area (Å²) in [6.07, 6.45) is 1.94. The SMILES string of the molecule is CCCCNC(=O)[C@@H](C)N(Cc1ccc(Br)cc1)C(=O)CCCN1C(=O)c2ccccc2S1(=O)=O. The lowest BCUT2D eigenvalue weighted by atomic mass is 10.1. The lowest BCUT2D eigenvalue weighted by Gasteiger charge is -2.29. The molecule has 0 fully saturated rings. The fourth-order valence-corrected chi connectivity index (χ4v) is 5.75. The molecule has 0 bridgehead atoms. The molecule has 2 aromatic rings. The van der Waals surface area contributed by atoms with E-state index >= 15 is 0 Å². The van der Waals surface area contributed by atoms with Crippen LogP contribution in [0.3, 0.4) is 0 Å². The van der Waals surface area contributed by atoms with Gasteiger partial charge in [0.15, 0.2) is 0 Å². The van der Waals surface area contributed by atoms with Gasteiger partial charge in [-0.25, -0.2) is 12.7 Å². The monoisotopic (exact) mass is 563 g/mol. The smallest absolute Gasteiger partial charge is 0.269 e. The maximum Gasteiger partial charge on any atom is 0.269 e. The predicted molar refractivity (Wildman–Crippen MR) is 136 cm³/mol. The molecule has 188 valence electrons.